The number of nitrogens with two attached hydrogens (primary N) is 1. The van der Waals surface area contributed by atoms with E-state index >= 15 is 0 Å². The van der Waals surface area contributed by atoms with Gasteiger partial charge in [-0.05, 0) is 31.9 Å². The molecule has 2 saturated heterocycles. The number of amides is 1. The van der Waals surface area contributed by atoms with Gasteiger partial charge in [0.05, 0.1) is 12.9 Å². The SMILES string of the molecule is CC1(C)OC2[C@@H](O1)[C@@H](COS(=O)(=O)NC(=O)CCc1c[nH]c3ccccc13)O[C@H]2n1cnc2c(=O)[nH]c(N)nc21. The van der Waals surface area contributed by atoms with Crippen molar-refractivity contribution >= 4 is 44.2 Å². The van der Waals surface area contributed by atoms with Crippen molar-refractivity contribution in [1.82, 2.24) is 29.2 Å². The number of anilines is 1. The van der Waals surface area contributed by atoms with Gasteiger partial charge in [-0.2, -0.15) is 13.4 Å². The van der Waals surface area contributed by atoms with Gasteiger partial charge in [0, 0.05) is 23.5 Å². The molecule has 2 aliphatic rings. The zero-order valence-corrected chi connectivity index (χ0v) is 22.3. The van der Waals surface area contributed by atoms with Crippen molar-refractivity contribution in [2.75, 3.05) is 12.3 Å². The van der Waals surface area contributed by atoms with Crippen molar-refractivity contribution in [2.24, 2.45) is 0 Å². The van der Waals surface area contributed by atoms with Crippen LogP contribution in [0.4, 0.5) is 5.95 Å². The highest BCUT2D eigenvalue weighted by atomic mass is 32.2. The smallest absolute Gasteiger partial charge is 0.362 e. The number of carbonyl (C=O) groups excluding carboxylic acids is 1. The normalized spacial score (nSPS) is 24.1. The number of benzene rings is 1. The molecule has 5 N–H and O–H groups in total. The highest BCUT2D eigenvalue weighted by Gasteiger charge is 2.56. The molecule has 1 aromatic carbocycles. The topological polar surface area (TPSA) is 206 Å². The molecule has 2 fully saturated rings. The molecule has 40 heavy (non-hydrogen) atoms. The lowest BCUT2D eigenvalue weighted by atomic mass is 10.1. The van der Waals surface area contributed by atoms with E-state index in [0.717, 1.165) is 16.5 Å². The molecule has 4 aromatic rings. The van der Waals surface area contributed by atoms with E-state index in [9.17, 15) is 18.0 Å². The summed E-state index contributed by atoms with van der Waals surface area (Å²) < 4.78 is 51.8. The molecule has 2 aliphatic heterocycles. The van der Waals surface area contributed by atoms with Gasteiger partial charge < -0.3 is 24.9 Å². The van der Waals surface area contributed by atoms with Gasteiger partial charge in [-0.1, -0.05) is 18.2 Å². The van der Waals surface area contributed by atoms with Crippen LogP contribution in [-0.2, 0) is 39.9 Å². The molecule has 0 bridgehead atoms. The maximum absolute atomic E-state index is 12.6. The molecular formula is C24H27N7O8S. The van der Waals surface area contributed by atoms with Crippen molar-refractivity contribution in [1.29, 1.82) is 0 Å². The van der Waals surface area contributed by atoms with E-state index < -0.39 is 58.7 Å². The zero-order chi connectivity index (χ0) is 28.2. The molecular weight excluding hydrogens is 546 g/mol. The van der Waals surface area contributed by atoms with Crippen LogP contribution >= 0.6 is 0 Å². The summed E-state index contributed by atoms with van der Waals surface area (Å²) in [5, 5.41) is 0.965. The fourth-order valence-electron chi connectivity index (χ4n) is 5.11. The number of hydrogen-bond acceptors (Lipinski definition) is 11. The minimum absolute atomic E-state index is 0.0464. The molecule has 1 amide bonds. The molecule has 16 heteroatoms. The Morgan fingerprint density at radius 2 is 2.02 bits per heavy atom. The van der Waals surface area contributed by atoms with Crippen LogP contribution in [0, 0.1) is 0 Å². The summed E-state index contributed by atoms with van der Waals surface area (Å²) in [5.74, 6) is -1.83. The Morgan fingerprint density at radius 3 is 2.85 bits per heavy atom. The van der Waals surface area contributed by atoms with E-state index in [1.54, 1.807) is 20.0 Å². The van der Waals surface area contributed by atoms with Gasteiger partial charge >= 0.3 is 10.3 Å². The standard InChI is InChI=1S/C24H27N7O8S/c1-24(2)38-18-15(37-22(19(18)39-24)31-11-27-17-20(31)28-23(25)29-21(17)33)10-36-40(34,35)30-16(32)8-7-12-9-26-14-6-4-3-5-13(12)14/h3-6,9,11,15,18-19,22,26H,7-8,10H2,1-2H3,(H,30,32)(H3,25,28,29,33)/t15-,18+,19?,22-/m1/s1. The zero-order valence-electron chi connectivity index (χ0n) is 21.5. The Bertz CT molecular complexity index is 1760. The summed E-state index contributed by atoms with van der Waals surface area (Å²) in [7, 11) is -4.45. The second kappa shape index (κ2) is 9.67. The third-order valence-electron chi connectivity index (χ3n) is 6.77. The number of nitrogens with one attached hydrogen (secondary N) is 3. The van der Waals surface area contributed by atoms with Gasteiger partial charge in [0.1, 0.15) is 18.3 Å². The van der Waals surface area contributed by atoms with Crippen LogP contribution < -0.4 is 16.0 Å². The first kappa shape index (κ1) is 26.4. The third-order valence-corrected chi connectivity index (χ3v) is 7.70. The number of para-hydroxylation sites is 1. The van der Waals surface area contributed by atoms with Crippen LogP contribution in [0.15, 0.2) is 41.6 Å². The van der Waals surface area contributed by atoms with Crippen molar-refractivity contribution in [3.05, 3.63) is 52.7 Å². The third kappa shape index (κ3) is 4.95. The predicted molar refractivity (Wildman–Crippen MR) is 140 cm³/mol. The highest BCUT2D eigenvalue weighted by Crippen LogP contribution is 2.43. The molecule has 0 spiro atoms. The van der Waals surface area contributed by atoms with Gasteiger partial charge in [-0.3, -0.25) is 23.3 Å². The fourth-order valence-corrected chi connectivity index (χ4v) is 5.86. The number of nitrogen functional groups attached to an aromatic ring is 1. The second-order valence-corrected chi connectivity index (χ2v) is 11.4. The summed E-state index contributed by atoms with van der Waals surface area (Å²) in [4.78, 5) is 38.4. The fraction of sp³-hybridized carbons (Fsp3) is 0.417. The van der Waals surface area contributed by atoms with Gasteiger partial charge in [-0.25, -0.2) is 9.71 Å². The summed E-state index contributed by atoms with van der Waals surface area (Å²) in [6, 6.07) is 7.62. The number of aryl methyl sites for hydroxylation is 1. The Morgan fingerprint density at radius 1 is 1.25 bits per heavy atom. The molecule has 212 valence electrons. The molecule has 0 saturated carbocycles. The van der Waals surface area contributed by atoms with Crippen LogP contribution in [0.1, 0.15) is 32.1 Å². The van der Waals surface area contributed by atoms with Crippen LogP contribution in [-0.4, -0.2) is 69.5 Å². The van der Waals surface area contributed by atoms with E-state index in [0.29, 0.717) is 6.42 Å². The summed E-state index contributed by atoms with van der Waals surface area (Å²) in [6.07, 6.45) is 0.188. The highest BCUT2D eigenvalue weighted by molar-refractivity contribution is 7.85. The van der Waals surface area contributed by atoms with E-state index in [1.807, 2.05) is 29.0 Å². The molecule has 4 atom stereocenters. The van der Waals surface area contributed by atoms with Crippen molar-refractivity contribution in [3.8, 4) is 0 Å². The quantitative estimate of drug-likeness (QED) is 0.230. The average molecular weight is 574 g/mol. The number of ether oxygens (including phenoxy) is 3. The van der Waals surface area contributed by atoms with E-state index in [2.05, 4.69) is 19.9 Å². The van der Waals surface area contributed by atoms with Crippen molar-refractivity contribution in [3.63, 3.8) is 0 Å². The molecule has 5 heterocycles. The number of hydrogen-bond donors (Lipinski definition) is 4. The molecule has 3 aromatic heterocycles. The first-order chi connectivity index (χ1) is 19.0. The number of carbonyl (C=O) groups is 1. The summed E-state index contributed by atoms with van der Waals surface area (Å²) in [6.45, 7) is 2.95. The van der Waals surface area contributed by atoms with Gasteiger partial charge in [-0.15, -0.1) is 0 Å². The summed E-state index contributed by atoms with van der Waals surface area (Å²) >= 11 is 0. The number of nitrogens with zero attached hydrogens (tertiary/aromatic N) is 3. The largest absolute Gasteiger partial charge is 0.369 e. The predicted octanol–water partition coefficient (Wildman–Crippen LogP) is 0.611. The maximum atomic E-state index is 12.6. The van der Waals surface area contributed by atoms with Crippen LogP contribution in [0.3, 0.4) is 0 Å². The Balaban J connectivity index is 1.13. The monoisotopic (exact) mass is 573 g/mol. The summed E-state index contributed by atoms with van der Waals surface area (Å²) in [5.41, 5.74) is 7.22. The van der Waals surface area contributed by atoms with Crippen molar-refractivity contribution < 1.29 is 31.6 Å². The molecule has 15 nitrogen and oxygen atoms in total. The van der Waals surface area contributed by atoms with E-state index in [-0.39, 0.29) is 23.5 Å². The van der Waals surface area contributed by atoms with Gasteiger partial charge in [0.2, 0.25) is 11.9 Å². The first-order valence-electron chi connectivity index (χ1n) is 12.5. The van der Waals surface area contributed by atoms with Crippen LogP contribution in [0.2, 0.25) is 0 Å². The van der Waals surface area contributed by atoms with Gasteiger partial charge in [0.25, 0.3) is 5.56 Å². The molecule has 1 unspecified atom stereocenters. The molecule has 0 aliphatic carbocycles. The minimum atomic E-state index is -4.45. The number of H-pyrrole nitrogens is 2. The van der Waals surface area contributed by atoms with Crippen LogP contribution in [0.5, 0.6) is 0 Å². The lowest BCUT2D eigenvalue weighted by Crippen LogP contribution is -2.37. The number of rotatable bonds is 8. The number of imidazole rings is 1. The molecule has 6 rings (SSSR count). The lowest BCUT2D eigenvalue weighted by Gasteiger charge is -2.24. The van der Waals surface area contributed by atoms with Crippen LogP contribution in [0.25, 0.3) is 22.1 Å². The maximum Gasteiger partial charge on any atom is 0.362 e. The number of fused-ring (bicyclic) bond motifs is 3. The Hall–Kier alpha value is -3.83. The molecule has 0 radical (unpaired) electrons. The Labute approximate surface area is 227 Å². The van der Waals surface area contributed by atoms with Crippen molar-refractivity contribution in [2.45, 2.75) is 57.0 Å². The van der Waals surface area contributed by atoms with Gasteiger partial charge in [0.15, 0.2) is 23.2 Å². The van der Waals surface area contributed by atoms with E-state index in [1.165, 1.54) is 10.9 Å². The second-order valence-electron chi connectivity index (χ2n) is 10.0. The number of aromatic amines is 2. The number of aromatic nitrogens is 5. The first-order valence-corrected chi connectivity index (χ1v) is 13.9. The Kier molecular flexibility index (Phi) is 6.38. The average Bonchev–Trinajstić information content (AvgIpc) is 3.63. The van der Waals surface area contributed by atoms with E-state index in [4.69, 9.17) is 24.1 Å². The minimum Gasteiger partial charge on any atom is -0.369 e. The lowest BCUT2D eigenvalue weighted by molar-refractivity contribution is -0.198.